The van der Waals surface area contributed by atoms with Gasteiger partial charge in [-0.2, -0.15) is 4.39 Å². The molecule has 1 N–H and O–H groups in total. The number of hydrogen-bond acceptors (Lipinski definition) is 4. The van der Waals surface area contributed by atoms with Gasteiger partial charge in [0, 0.05) is 13.1 Å². The molecular weight excluding hydrogens is 250 g/mol. The van der Waals surface area contributed by atoms with Gasteiger partial charge in [-0.05, 0) is 6.07 Å². The number of aliphatic hydroxyl groups is 1. The second-order valence-electron chi connectivity index (χ2n) is 3.91. The summed E-state index contributed by atoms with van der Waals surface area (Å²) in [6.45, 7) is 0.00513. The molecule has 1 aromatic rings. The van der Waals surface area contributed by atoms with Crippen molar-refractivity contribution in [1.82, 2.24) is 4.90 Å². The van der Waals surface area contributed by atoms with E-state index in [-0.39, 0.29) is 13.1 Å². The Morgan fingerprint density at radius 1 is 1.44 bits per heavy atom. The Morgan fingerprint density at radius 3 is 2.56 bits per heavy atom. The summed E-state index contributed by atoms with van der Waals surface area (Å²) in [4.78, 5) is 22.2. The van der Waals surface area contributed by atoms with E-state index >= 15 is 0 Å². The first-order valence-electron chi connectivity index (χ1n) is 5.01. The first-order valence-corrected chi connectivity index (χ1v) is 5.01. The third-order valence-corrected chi connectivity index (χ3v) is 2.59. The molecule has 0 aromatic heterocycles. The zero-order valence-electron chi connectivity index (χ0n) is 8.97. The molecule has 1 heterocycles. The van der Waals surface area contributed by atoms with Crippen molar-refractivity contribution in [3.63, 3.8) is 0 Å². The van der Waals surface area contributed by atoms with Crippen LogP contribution in [-0.2, 0) is 0 Å². The lowest BCUT2D eigenvalue weighted by Crippen LogP contribution is -2.53. The van der Waals surface area contributed by atoms with Gasteiger partial charge in [0.05, 0.1) is 22.7 Å². The number of amides is 1. The van der Waals surface area contributed by atoms with Crippen LogP contribution in [0.15, 0.2) is 12.1 Å². The molecule has 1 amide bonds. The number of halogens is 2. The highest BCUT2D eigenvalue weighted by Crippen LogP contribution is 2.24. The molecule has 1 saturated heterocycles. The molecule has 0 bridgehead atoms. The van der Waals surface area contributed by atoms with Gasteiger partial charge in [0.1, 0.15) is 5.82 Å². The maximum atomic E-state index is 13.7. The average Bonchev–Trinajstić information content (AvgIpc) is 2.26. The summed E-state index contributed by atoms with van der Waals surface area (Å²) < 4.78 is 26.8. The van der Waals surface area contributed by atoms with E-state index in [1.54, 1.807) is 0 Å². The molecule has 0 unspecified atom stereocenters. The van der Waals surface area contributed by atoms with Gasteiger partial charge >= 0.3 is 5.69 Å². The van der Waals surface area contributed by atoms with Crippen LogP contribution in [0.2, 0.25) is 0 Å². The van der Waals surface area contributed by atoms with E-state index in [2.05, 4.69) is 0 Å². The predicted molar refractivity (Wildman–Crippen MR) is 54.9 cm³/mol. The van der Waals surface area contributed by atoms with Crippen molar-refractivity contribution in [2.45, 2.75) is 6.10 Å². The Hall–Kier alpha value is -2.09. The second kappa shape index (κ2) is 4.30. The van der Waals surface area contributed by atoms with E-state index < -0.39 is 39.8 Å². The minimum absolute atomic E-state index is 0.00256. The van der Waals surface area contributed by atoms with E-state index in [4.69, 9.17) is 5.11 Å². The average molecular weight is 258 g/mol. The maximum absolute atomic E-state index is 13.7. The minimum Gasteiger partial charge on any atom is -0.389 e. The van der Waals surface area contributed by atoms with Crippen molar-refractivity contribution in [3.05, 3.63) is 39.4 Å². The van der Waals surface area contributed by atoms with Gasteiger partial charge in [-0.25, -0.2) is 4.39 Å². The maximum Gasteiger partial charge on any atom is 0.308 e. The van der Waals surface area contributed by atoms with Gasteiger partial charge in [0.2, 0.25) is 5.82 Å². The van der Waals surface area contributed by atoms with Crippen LogP contribution in [0, 0.1) is 21.7 Å². The smallest absolute Gasteiger partial charge is 0.308 e. The van der Waals surface area contributed by atoms with Gasteiger partial charge in [-0.1, -0.05) is 0 Å². The van der Waals surface area contributed by atoms with Crippen LogP contribution in [0.5, 0.6) is 0 Å². The molecule has 1 aliphatic rings. The Bertz CT molecular complexity index is 529. The normalized spacial score (nSPS) is 15.4. The topological polar surface area (TPSA) is 83.7 Å². The lowest BCUT2D eigenvalue weighted by atomic mass is 10.1. The van der Waals surface area contributed by atoms with Gasteiger partial charge in [-0.3, -0.25) is 14.9 Å². The van der Waals surface area contributed by atoms with Crippen LogP contribution in [0.4, 0.5) is 14.5 Å². The number of carbonyl (C=O) groups excluding carboxylic acids is 1. The first-order chi connectivity index (χ1) is 8.40. The van der Waals surface area contributed by atoms with Gasteiger partial charge in [0.25, 0.3) is 5.91 Å². The van der Waals surface area contributed by atoms with E-state index in [0.717, 1.165) is 4.90 Å². The summed E-state index contributed by atoms with van der Waals surface area (Å²) in [5.74, 6) is -3.30. The molecule has 6 nitrogen and oxygen atoms in total. The van der Waals surface area contributed by atoms with Crippen LogP contribution >= 0.6 is 0 Å². The number of rotatable bonds is 2. The summed E-state index contributed by atoms with van der Waals surface area (Å²) in [6.07, 6.45) is -0.694. The molecule has 0 saturated carbocycles. The molecule has 1 aromatic carbocycles. The third kappa shape index (κ3) is 2.02. The first kappa shape index (κ1) is 12.4. The van der Waals surface area contributed by atoms with Crippen LogP contribution in [0.25, 0.3) is 0 Å². The van der Waals surface area contributed by atoms with Crippen LogP contribution < -0.4 is 0 Å². The van der Waals surface area contributed by atoms with Crippen molar-refractivity contribution in [2.75, 3.05) is 13.1 Å². The van der Waals surface area contributed by atoms with Gasteiger partial charge in [0.15, 0.2) is 0 Å². The summed E-state index contributed by atoms with van der Waals surface area (Å²) >= 11 is 0. The lowest BCUT2D eigenvalue weighted by Gasteiger charge is -2.35. The Kier molecular flexibility index (Phi) is 2.95. The molecule has 0 aliphatic carbocycles. The fourth-order valence-corrected chi connectivity index (χ4v) is 1.65. The van der Waals surface area contributed by atoms with Crippen LogP contribution in [0.1, 0.15) is 10.4 Å². The monoisotopic (exact) mass is 258 g/mol. The Morgan fingerprint density at radius 2 is 2.06 bits per heavy atom. The van der Waals surface area contributed by atoms with Crippen molar-refractivity contribution < 1.29 is 23.6 Å². The third-order valence-electron chi connectivity index (χ3n) is 2.59. The fraction of sp³-hybridized carbons (Fsp3) is 0.300. The lowest BCUT2D eigenvalue weighted by molar-refractivity contribution is -0.387. The van der Waals surface area contributed by atoms with Crippen molar-refractivity contribution in [2.24, 2.45) is 0 Å². The molecular formula is C10H8F2N2O4. The number of nitro benzene ring substituents is 1. The number of β-amino-alcohol motifs (C(OH)–C–C–N with tert-alkyl or cyclic N) is 1. The number of likely N-dealkylation sites (tertiary alicyclic amines) is 1. The highest BCUT2D eigenvalue weighted by Gasteiger charge is 2.33. The van der Waals surface area contributed by atoms with Crippen molar-refractivity contribution >= 4 is 11.6 Å². The zero-order valence-corrected chi connectivity index (χ0v) is 8.97. The molecule has 1 aliphatic heterocycles. The van der Waals surface area contributed by atoms with Gasteiger partial charge < -0.3 is 10.0 Å². The van der Waals surface area contributed by atoms with Crippen molar-refractivity contribution in [3.8, 4) is 0 Å². The summed E-state index contributed by atoms with van der Waals surface area (Å²) in [5.41, 5.74) is -1.78. The molecule has 2 rings (SSSR count). The number of carbonyl (C=O) groups is 1. The number of benzene rings is 1. The molecule has 0 atom stereocenters. The molecule has 18 heavy (non-hydrogen) atoms. The molecule has 0 radical (unpaired) electrons. The highest BCUT2D eigenvalue weighted by molar-refractivity contribution is 5.95. The fourth-order valence-electron chi connectivity index (χ4n) is 1.65. The standard InChI is InChI=1S/C10H8F2N2O4/c11-5-1-7(9(12)8(2-5)14(17)18)10(16)13-3-6(15)4-13/h1-2,6,15H,3-4H2. The minimum atomic E-state index is -1.37. The molecule has 1 fully saturated rings. The van der Waals surface area contributed by atoms with E-state index in [0.29, 0.717) is 12.1 Å². The second-order valence-corrected chi connectivity index (χ2v) is 3.91. The largest absolute Gasteiger partial charge is 0.389 e. The Labute approximate surface area is 99.6 Å². The van der Waals surface area contributed by atoms with E-state index in [1.807, 2.05) is 0 Å². The predicted octanol–water partition coefficient (Wildman–Crippen LogP) is 0.690. The summed E-state index contributed by atoms with van der Waals surface area (Å²) in [5, 5.41) is 19.5. The quantitative estimate of drug-likeness (QED) is 0.624. The SMILES string of the molecule is O=C(c1cc(F)cc([N+](=O)[O-])c1F)N1CC(O)C1. The molecule has 0 spiro atoms. The number of nitro groups is 1. The number of nitrogens with zero attached hydrogens (tertiary/aromatic N) is 2. The van der Waals surface area contributed by atoms with Crippen LogP contribution in [0.3, 0.4) is 0 Å². The summed E-state index contributed by atoms with van der Waals surface area (Å²) in [6, 6.07) is 1.02. The van der Waals surface area contributed by atoms with E-state index in [1.165, 1.54) is 0 Å². The molecule has 96 valence electrons. The van der Waals surface area contributed by atoms with Crippen LogP contribution in [-0.4, -0.2) is 40.0 Å². The van der Waals surface area contributed by atoms with E-state index in [9.17, 15) is 23.7 Å². The Balaban J connectivity index is 2.38. The molecule has 8 heteroatoms. The summed E-state index contributed by atoms with van der Waals surface area (Å²) in [7, 11) is 0. The number of aliphatic hydroxyl groups excluding tert-OH is 1. The number of hydrogen-bond donors (Lipinski definition) is 1. The van der Waals surface area contributed by atoms with Gasteiger partial charge in [-0.15, -0.1) is 0 Å². The van der Waals surface area contributed by atoms with Crippen molar-refractivity contribution in [1.29, 1.82) is 0 Å². The highest BCUT2D eigenvalue weighted by atomic mass is 19.1. The zero-order chi connectivity index (χ0) is 13.4.